The minimum Gasteiger partial charge on any atom is -0.448 e. The Kier molecular flexibility index (Phi) is 4.40. The Balaban J connectivity index is 1.74. The molecule has 1 saturated carbocycles. The first kappa shape index (κ1) is 14.9. The smallest absolute Gasteiger partial charge is 0.410 e. The Hall–Kier alpha value is -1.46. The Morgan fingerprint density at radius 1 is 1.30 bits per heavy atom. The van der Waals surface area contributed by atoms with Crippen molar-refractivity contribution in [2.45, 2.75) is 64.1 Å². The zero-order valence-electron chi connectivity index (χ0n) is 12.5. The van der Waals surface area contributed by atoms with Crippen LogP contribution in [0.4, 0.5) is 9.59 Å². The third-order valence-electron chi connectivity index (χ3n) is 3.65. The fourth-order valence-corrected chi connectivity index (χ4v) is 2.74. The van der Waals surface area contributed by atoms with E-state index in [0.29, 0.717) is 13.2 Å². The average molecular weight is 284 g/mol. The van der Waals surface area contributed by atoms with Crippen molar-refractivity contribution in [2.75, 3.05) is 13.2 Å². The minimum atomic E-state index is -0.472. The number of rotatable bonds is 2. The number of amides is 2. The van der Waals surface area contributed by atoms with E-state index in [4.69, 9.17) is 9.47 Å². The highest BCUT2D eigenvalue weighted by Crippen LogP contribution is 2.25. The van der Waals surface area contributed by atoms with Gasteiger partial charge in [0.2, 0.25) is 0 Å². The van der Waals surface area contributed by atoms with Crippen molar-refractivity contribution in [2.24, 2.45) is 0 Å². The van der Waals surface area contributed by atoms with E-state index in [1.165, 1.54) is 0 Å². The summed E-state index contributed by atoms with van der Waals surface area (Å²) >= 11 is 0. The molecule has 0 aromatic carbocycles. The molecule has 0 unspecified atom stereocenters. The Bertz CT molecular complexity index is 370. The van der Waals surface area contributed by atoms with Gasteiger partial charge in [-0.3, -0.25) is 0 Å². The number of nitrogens with zero attached hydrogens (tertiary/aromatic N) is 1. The zero-order valence-corrected chi connectivity index (χ0v) is 12.5. The van der Waals surface area contributed by atoms with Gasteiger partial charge < -0.3 is 19.7 Å². The monoisotopic (exact) mass is 284 g/mol. The number of alkyl carbamates (subject to hydrolysis) is 1. The second kappa shape index (κ2) is 5.89. The summed E-state index contributed by atoms with van der Waals surface area (Å²) < 4.78 is 10.2. The van der Waals surface area contributed by atoms with E-state index in [1.807, 2.05) is 25.7 Å². The molecule has 1 heterocycles. The molecule has 2 aliphatic rings. The van der Waals surface area contributed by atoms with Gasteiger partial charge in [-0.25, -0.2) is 9.59 Å². The third-order valence-corrected chi connectivity index (χ3v) is 3.65. The molecule has 0 aromatic rings. The number of hydrogen-bond donors (Lipinski definition) is 1. The van der Waals surface area contributed by atoms with Gasteiger partial charge in [0.1, 0.15) is 12.2 Å². The number of cyclic esters (lactones) is 1. The average Bonchev–Trinajstić information content (AvgIpc) is 2.74. The third kappa shape index (κ3) is 4.02. The van der Waals surface area contributed by atoms with Gasteiger partial charge in [0.25, 0.3) is 0 Å². The number of carbonyl (C=O) groups is 2. The van der Waals surface area contributed by atoms with Crippen LogP contribution in [-0.2, 0) is 9.47 Å². The van der Waals surface area contributed by atoms with Crippen LogP contribution in [0.2, 0.25) is 0 Å². The molecule has 20 heavy (non-hydrogen) atoms. The largest absolute Gasteiger partial charge is 0.448 e. The fourth-order valence-electron chi connectivity index (χ4n) is 2.74. The first-order valence-electron chi connectivity index (χ1n) is 7.28. The first-order valence-corrected chi connectivity index (χ1v) is 7.28. The van der Waals surface area contributed by atoms with Gasteiger partial charge in [-0.1, -0.05) is 0 Å². The normalized spacial score (nSPS) is 27.1. The van der Waals surface area contributed by atoms with Crippen molar-refractivity contribution < 1.29 is 19.1 Å². The molecule has 1 saturated heterocycles. The van der Waals surface area contributed by atoms with Gasteiger partial charge in [0.15, 0.2) is 0 Å². The van der Waals surface area contributed by atoms with Crippen LogP contribution in [-0.4, -0.2) is 47.9 Å². The van der Waals surface area contributed by atoms with Crippen LogP contribution in [0.3, 0.4) is 0 Å². The molecule has 1 N–H and O–H groups in total. The SMILES string of the molecule is CC(C)(C)OC(=O)N[C@H]1CC[C@H](N2CCOC2=O)CC1. The van der Waals surface area contributed by atoms with Crippen molar-refractivity contribution in [3.05, 3.63) is 0 Å². The summed E-state index contributed by atoms with van der Waals surface area (Å²) in [5, 5.41) is 2.90. The molecule has 0 radical (unpaired) electrons. The van der Waals surface area contributed by atoms with E-state index < -0.39 is 5.60 Å². The molecule has 0 atom stereocenters. The lowest BCUT2D eigenvalue weighted by molar-refractivity contribution is 0.0481. The predicted molar refractivity (Wildman–Crippen MR) is 73.5 cm³/mol. The van der Waals surface area contributed by atoms with Gasteiger partial charge in [-0.2, -0.15) is 0 Å². The molecule has 1 aliphatic heterocycles. The van der Waals surface area contributed by atoms with Crippen LogP contribution in [0.1, 0.15) is 46.5 Å². The fraction of sp³-hybridized carbons (Fsp3) is 0.857. The number of nitrogens with one attached hydrogen (secondary N) is 1. The van der Waals surface area contributed by atoms with E-state index >= 15 is 0 Å². The lowest BCUT2D eigenvalue weighted by atomic mass is 9.90. The van der Waals surface area contributed by atoms with E-state index in [-0.39, 0.29) is 24.3 Å². The van der Waals surface area contributed by atoms with Crippen LogP contribution < -0.4 is 5.32 Å². The molecule has 6 heteroatoms. The predicted octanol–water partition coefficient (Wildman–Crippen LogP) is 2.27. The number of carbonyl (C=O) groups excluding carboxylic acids is 2. The van der Waals surface area contributed by atoms with Crippen molar-refractivity contribution in [1.82, 2.24) is 10.2 Å². The van der Waals surface area contributed by atoms with Gasteiger partial charge in [0.05, 0.1) is 6.54 Å². The summed E-state index contributed by atoms with van der Waals surface area (Å²) in [4.78, 5) is 25.0. The minimum absolute atomic E-state index is 0.139. The summed E-state index contributed by atoms with van der Waals surface area (Å²) in [6.45, 7) is 6.73. The molecular weight excluding hydrogens is 260 g/mol. The second-order valence-electron chi connectivity index (χ2n) is 6.46. The maximum absolute atomic E-state index is 11.7. The Labute approximate surface area is 119 Å². The van der Waals surface area contributed by atoms with Crippen LogP contribution in [0.15, 0.2) is 0 Å². The van der Waals surface area contributed by atoms with Crippen LogP contribution >= 0.6 is 0 Å². The summed E-state index contributed by atoms with van der Waals surface area (Å²) in [6, 6.07) is 0.390. The molecule has 114 valence electrons. The first-order chi connectivity index (χ1) is 9.35. The Morgan fingerprint density at radius 3 is 2.45 bits per heavy atom. The molecule has 2 fully saturated rings. The zero-order chi connectivity index (χ0) is 14.8. The molecule has 2 rings (SSSR count). The topological polar surface area (TPSA) is 67.9 Å². The van der Waals surface area contributed by atoms with E-state index in [0.717, 1.165) is 25.7 Å². The van der Waals surface area contributed by atoms with Crippen LogP contribution in [0.25, 0.3) is 0 Å². The highest BCUT2D eigenvalue weighted by atomic mass is 16.6. The maximum atomic E-state index is 11.7. The van der Waals surface area contributed by atoms with Crippen molar-refractivity contribution in [3.63, 3.8) is 0 Å². The van der Waals surface area contributed by atoms with Crippen LogP contribution in [0, 0.1) is 0 Å². The quantitative estimate of drug-likeness (QED) is 0.844. The lowest BCUT2D eigenvalue weighted by Crippen LogP contribution is -2.45. The molecule has 0 aromatic heterocycles. The van der Waals surface area contributed by atoms with Crippen molar-refractivity contribution >= 4 is 12.2 Å². The van der Waals surface area contributed by atoms with Crippen molar-refractivity contribution in [3.8, 4) is 0 Å². The molecule has 0 spiro atoms. The van der Waals surface area contributed by atoms with Gasteiger partial charge in [-0.15, -0.1) is 0 Å². The number of hydrogen-bond acceptors (Lipinski definition) is 4. The van der Waals surface area contributed by atoms with Gasteiger partial charge in [0, 0.05) is 12.1 Å². The summed E-state index contributed by atoms with van der Waals surface area (Å²) in [7, 11) is 0. The molecule has 0 bridgehead atoms. The van der Waals surface area contributed by atoms with Gasteiger partial charge in [-0.05, 0) is 46.5 Å². The molecular formula is C14H24N2O4. The van der Waals surface area contributed by atoms with Gasteiger partial charge >= 0.3 is 12.2 Å². The highest BCUT2D eigenvalue weighted by molar-refractivity contribution is 5.70. The summed E-state index contributed by atoms with van der Waals surface area (Å²) in [6.07, 6.45) is 2.97. The second-order valence-corrected chi connectivity index (χ2v) is 6.46. The molecule has 2 amide bonds. The number of ether oxygens (including phenoxy) is 2. The molecule has 1 aliphatic carbocycles. The lowest BCUT2D eigenvalue weighted by Gasteiger charge is -2.33. The van der Waals surface area contributed by atoms with Crippen LogP contribution in [0.5, 0.6) is 0 Å². The Morgan fingerprint density at radius 2 is 1.95 bits per heavy atom. The van der Waals surface area contributed by atoms with E-state index in [1.54, 1.807) is 0 Å². The molecule has 6 nitrogen and oxygen atoms in total. The van der Waals surface area contributed by atoms with Crippen molar-refractivity contribution in [1.29, 1.82) is 0 Å². The maximum Gasteiger partial charge on any atom is 0.410 e. The standard InChI is InChI=1S/C14H24N2O4/c1-14(2,3)20-12(17)15-10-4-6-11(7-5-10)16-8-9-19-13(16)18/h10-11H,4-9H2,1-3H3,(H,15,17)/t10-,11-. The highest BCUT2D eigenvalue weighted by Gasteiger charge is 2.33. The van der Waals surface area contributed by atoms with E-state index in [9.17, 15) is 9.59 Å². The summed E-state index contributed by atoms with van der Waals surface area (Å²) in [5.74, 6) is 0. The van der Waals surface area contributed by atoms with E-state index in [2.05, 4.69) is 5.32 Å². The summed E-state index contributed by atoms with van der Waals surface area (Å²) in [5.41, 5.74) is -0.472.